The molecule has 0 radical (unpaired) electrons. The van der Waals surface area contributed by atoms with Gasteiger partial charge in [-0.2, -0.15) is 8.42 Å². The number of carbonyl (C=O) groups excluding carboxylic acids is 1. The zero-order valence-corrected chi connectivity index (χ0v) is 20.7. The van der Waals surface area contributed by atoms with Gasteiger partial charge in [-0.3, -0.25) is 4.18 Å². The molecule has 0 aliphatic carbocycles. The molecule has 0 saturated carbocycles. The van der Waals surface area contributed by atoms with E-state index in [4.69, 9.17) is 30.0 Å². The highest BCUT2D eigenvalue weighted by atomic mass is 35.5. The molecule has 0 bridgehead atoms. The van der Waals surface area contributed by atoms with Gasteiger partial charge in [0.05, 0.1) is 26.1 Å². The molecule has 182 valence electrons. The van der Waals surface area contributed by atoms with E-state index in [0.717, 1.165) is 11.1 Å². The number of hydrogen-bond donors (Lipinski definition) is 0. The molecular formula is C24H31ClO7S. The maximum absolute atomic E-state index is 13.0. The van der Waals surface area contributed by atoms with Gasteiger partial charge in [0, 0.05) is 11.3 Å². The van der Waals surface area contributed by atoms with Gasteiger partial charge in [0.2, 0.25) is 0 Å². The average molecular weight is 499 g/mol. The van der Waals surface area contributed by atoms with Crippen molar-refractivity contribution in [2.75, 3.05) is 25.3 Å². The van der Waals surface area contributed by atoms with Crippen LogP contribution in [0, 0.1) is 5.41 Å². The lowest BCUT2D eigenvalue weighted by atomic mass is 9.87. The summed E-state index contributed by atoms with van der Waals surface area (Å²) in [7, 11) is -2.19. The molecule has 2 rings (SSSR count). The van der Waals surface area contributed by atoms with Crippen LogP contribution in [-0.2, 0) is 41.8 Å². The maximum Gasteiger partial charge on any atom is 0.336 e. The molecule has 0 amide bonds. The van der Waals surface area contributed by atoms with E-state index in [9.17, 15) is 13.2 Å². The number of halogens is 1. The quantitative estimate of drug-likeness (QED) is 0.217. The molecule has 33 heavy (non-hydrogen) atoms. The van der Waals surface area contributed by atoms with Gasteiger partial charge in [0.1, 0.15) is 12.4 Å². The van der Waals surface area contributed by atoms with Crippen molar-refractivity contribution in [3.05, 3.63) is 65.7 Å². The molecule has 0 fully saturated rings. The Hall–Kier alpha value is -2.13. The van der Waals surface area contributed by atoms with Crippen LogP contribution in [0.4, 0.5) is 0 Å². The number of hydrogen-bond acceptors (Lipinski definition) is 7. The minimum absolute atomic E-state index is 0.0764. The minimum atomic E-state index is -3.77. The van der Waals surface area contributed by atoms with E-state index in [2.05, 4.69) is 0 Å². The van der Waals surface area contributed by atoms with Crippen LogP contribution in [0.5, 0.6) is 5.75 Å². The molecule has 0 spiro atoms. The van der Waals surface area contributed by atoms with Crippen molar-refractivity contribution in [2.45, 2.75) is 39.6 Å². The van der Waals surface area contributed by atoms with E-state index < -0.39 is 27.6 Å². The van der Waals surface area contributed by atoms with Crippen LogP contribution < -0.4 is 4.74 Å². The van der Waals surface area contributed by atoms with Gasteiger partial charge >= 0.3 is 5.97 Å². The average Bonchev–Trinajstić information content (AvgIpc) is 2.81. The minimum Gasteiger partial charge on any atom is -0.497 e. The number of carbonyl (C=O) groups is 1. The molecule has 1 atom stereocenters. The number of alkyl halides is 1. The van der Waals surface area contributed by atoms with Crippen LogP contribution in [-0.4, -0.2) is 45.8 Å². The van der Waals surface area contributed by atoms with E-state index in [1.807, 2.05) is 42.5 Å². The number of benzene rings is 2. The Morgan fingerprint density at radius 1 is 1.00 bits per heavy atom. The van der Waals surface area contributed by atoms with Gasteiger partial charge in [-0.25, -0.2) is 4.79 Å². The zero-order valence-electron chi connectivity index (χ0n) is 19.2. The molecule has 1 unspecified atom stereocenters. The third-order valence-corrected chi connectivity index (χ3v) is 6.39. The number of rotatable bonds is 14. The molecule has 0 aliphatic rings. The van der Waals surface area contributed by atoms with Crippen LogP contribution >= 0.6 is 11.6 Å². The number of ether oxygens (including phenoxy) is 3. The van der Waals surface area contributed by atoms with Crippen molar-refractivity contribution in [3.8, 4) is 5.75 Å². The molecule has 2 aromatic carbocycles. The topological polar surface area (TPSA) is 88.1 Å². The Balaban J connectivity index is 2.11. The summed E-state index contributed by atoms with van der Waals surface area (Å²) in [4.78, 5) is 13.0. The molecule has 7 nitrogen and oxygen atoms in total. The summed E-state index contributed by atoms with van der Waals surface area (Å²) in [6.45, 7) is 3.36. The first kappa shape index (κ1) is 27.1. The third-order valence-electron chi connectivity index (χ3n) is 4.86. The van der Waals surface area contributed by atoms with Gasteiger partial charge in [-0.15, -0.1) is 11.6 Å². The predicted molar refractivity (Wildman–Crippen MR) is 127 cm³/mol. The van der Waals surface area contributed by atoms with Crippen LogP contribution in [0.25, 0.3) is 0 Å². The fourth-order valence-corrected chi connectivity index (χ4v) is 4.32. The number of methoxy groups -OCH3 is 1. The van der Waals surface area contributed by atoms with E-state index in [1.54, 1.807) is 33.1 Å². The van der Waals surface area contributed by atoms with E-state index >= 15 is 0 Å². The normalized spacial score (nSPS) is 12.8. The summed E-state index contributed by atoms with van der Waals surface area (Å²) in [5.74, 6) is 0.126. The summed E-state index contributed by atoms with van der Waals surface area (Å²) in [6.07, 6.45) is -0.785. The molecule has 9 heteroatoms. The van der Waals surface area contributed by atoms with Crippen LogP contribution in [0.1, 0.15) is 31.4 Å². The summed E-state index contributed by atoms with van der Waals surface area (Å²) in [5.41, 5.74) is 0.662. The fourth-order valence-electron chi connectivity index (χ4n) is 2.93. The largest absolute Gasteiger partial charge is 0.497 e. The first-order chi connectivity index (χ1) is 15.7. The van der Waals surface area contributed by atoms with E-state index in [1.165, 1.54) is 0 Å². The lowest BCUT2D eigenvalue weighted by Crippen LogP contribution is -2.43. The molecule has 0 N–H and O–H groups in total. The van der Waals surface area contributed by atoms with Crippen molar-refractivity contribution >= 4 is 27.7 Å². The fraction of sp³-hybridized carbons (Fsp3) is 0.458. The first-order valence-corrected chi connectivity index (χ1v) is 12.7. The zero-order chi connectivity index (χ0) is 24.3. The molecule has 0 aliphatic heterocycles. The standard InChI is InChI=1S/C24H31ClO7S/c1-24(2,18-32-33(27,28)15-7-14-25)22(23(26)31-17-19-8-5-4-6-9-19)30-16-20-10-12-21(29-3)13-11-20/h4-6,8-13,22H,7,14-18H2,1-3H3. The van der Waals surface area contributed by atoms with Gasteiger partial charge in [-0.05, 0) is 29.7 Å². The van der Waals surface area contributed by atoms with Crippen molar-refractivity contribution in [1.29, 1.82) is 0 Å². The lowest BCUT2D eigenvalue weighted by molar-refractivity contribution is -0.170. The molecule has 0 heterocycles. The van der Waals surface area contributed by atoms with Gasteiger partial charge in [-0.1, -0.05) is 56.3 Å². The first-order valence-electron chi connectivity index (χ1n) is 10.5. The second-order valence-corrected chi connectivity index (χ2v) is 10.3. The highest BCUT2D eigenvalue weighted by molar-refractivity contribution is 7.86. The summed E-state index contributed by atoms with van der Waals surface area (Å²) in [5, 5.41) is 0. The van der Waals surface area contributed by atoms with Crippen molar-refractivity contribution < 1.29 is 31.6 Å². The molecular weight excluding hydrogens is 468 g/mol. The van der Waals surface area contributed by atoms with Crippen molar-refractivity contribution in [1.82, 2.24) is 0 Å². The Kier molecular flexibility index (Phi) is 10.6. The lowest BCUT2D eigenvalue weighted by Gasteiger charge is -2.32. The highest BCUT2D eigenvalue weighted by Gasteiger charge is 2.39. The molecule has 0 saturated heterocycles. The van der Waals surface area contributed by atoms with Crippen LogP contribution in [0.2, 0.25) is 0 Å². The van der Waals surface area contributed by atoms with Crippen molar-refractivity contribution in [3.63, 3.8) is 0 Å². The summed E-state index contributed by atoms with van der Waals surface area (Å²) >= 11 is 5.58. The summed E-state index contributed by atoms with van der Waals surface area (Å²) in [6, 6.07) is 16.5. The van der Waals surface area contributed by atoms with E-state index in [0.29, 0.717) is 5.75 Å². The second kappa shape index (κ2) is 12.9. The maximum atomic E-state index is 13.0. The Morgan fingerprint density at radius 3 is 2.24 bits per heavy atom. The smallest absolute Gasteiger partial charge is 0.336 e. The molecule has 2 aromatic rings. The van der Waals surface area contributed by atoms with Crippen LogP contribution in [0.3, 0.4) is 0 Å². The van der Waals surface area contributed by atoms with E-state index in [-0.39, 0.29) is 37.9 Å². The SMILES string of the molecule is COc1ccc(COC(C(=O)OCc2ccccc2)C(C)(C)COS(=O)(=O)CCCCl)cc1. The summed E-state index contributed by atoms with van der Waals surface area (Å²) < 4.78 is 46.0. The predicted octanol–water partition coefficient (Wildman–Crippen LogP) is 4.33. The third kappa shape index (κ3) is 9.33. The Labute approximate surface area is 201 Å². The van der Waals surface area contributed by atoms with Crippen molar-refractivity contribution in [2.24, 2.45) is 5.41 Å². The van der Waals surface area contributed by atoms with Gasteiger partial charge < -0.3 is 14.2 Å². The second-order valence-electron chi connectivity index (χ2n) is 8.19. The van der Waals surface area contributed by atoms with Gasteiger partial charge in [0.25, 0.3) is 10.1 Å². The Bertz CT molecular complexity index is 960. The van der Waals surface area contributed by atoms with Gasteiger partial charge in [0.15, 0.2) is 6.10 Å². The highest BCUT2D eigenvalue weighted by Crippen LogP contribution is 2.28. The van der Waals surface area contributed by atoms with Crippen LogP contribution in [0.15, 0.2) is 54.6 Å². The Morgan fingerprint density at radius 2 is 1.64 bits per heavy atom. The molecule has 0 aromatic heterocycles. The number of esters is 1. The monoisotopic (exact) mass is 498 g/mol.